The second-order valence-corrected chi connectivity index (χ2v) is 3.15. The van der Waals surface area contributed by atoms with Gasteiger partial charge in [0.2, 0.25) is 0 Å². The summed E-state index contributed by atoms with van der Waals surface area (Å²) in [5.74, 6) is 1.48. The fourth-order valence-corrected chi connectivity index (χ4v) is 1.48. The first-order chi connectivity index (χ1) is 7.74. The van der Waals surface area contributed by atoms with Crippen molar-refractivity contribution in [3.05, 3.63) is 41.6 Å². The van der Waals surface area contributed by atoms with Gasteiger partial charge in [0.1, 0.15) is 5.56 Å². The number of aromatic carboxylic acids is 1. The Bertz CT molecular complexity index is 579. The lowest BCUT2D eigenvalue weighted by Crippen LogP contribution is -1.97. The Labute approximate surface area is 91.9 Å². The molecule has 0 aliphatic carbocycles. The highest BCUT2D eigenvalue weighted by Gasteiger charge is 2.15. The van der Waals surface area contributed by atoms with Gasteiger partial charge in [-0.25, -0.2) is 4.79 Å². The number of nitrogens with zero attached hydrogens (tertiary/aromatic N) is 1. The van der Waals surface area contributed by atoms with Gasteiger partial charge in [-0.3, -0.25) is 5.10 Å². The Balaban J connectivity index is 2.64. The number of aromatic nitrogens is 2. The third-order valence-electron chi connectivity index (χ3n) is 2.22. The van der Waals surface area contributed by atoms with E-state index in [1.165, 1.54) is 6.20 Å². The van der Waals surface area contributed by atoms with Gasteiger partial charge in [-0.15, -0.1) is 6.42 Å². The molecule has 2 aromatic rings. The largest absolute Gasteiger partial charge is 0.478 e. The molecule has 0 spiro atoms. The molecule has 0 fully saturated rings. The molecule has 1 aromatic heterocycles. The molecular formula is C12H8N2O2. The Morgan fingerprint density at radius 3 is 2.88 bits per heavy atom. The number of H-pyrrole nitrogens is 1. The number of carboxylic acid groups (broad SMARTS) is 1. The van der Waals surface area contributed by atoms with Crippen molar-refractivity contribution in [1.82, 2.24) is 10.2 Å². The monoisotopic (exact) mass is 212 g/mol. The summed E-state index contributed by atoms with van der Waals surface area (Å²) in [5.41, 5.74) is 1.85. The van der Waals surface area contributed by atoms with Crippen LogP contribution in [0.2, 0.25) is 0 Å². The van der Waals surface area contributed by atoms with E-state index >= 15 is 0 Å². The predicted octanol–water partition coefficient (Wildman–Crippen LogP) is 1.76. The van der Waals surface area contributed by atoms with Gasteiger partial charge < -0.3 is 5.11 Å². The minimum absolute atomic E-state index is 0.114. The van der Waals surface area contributed by atoms with Crippen LogP contribution in [0.1, 0.15) is 15.9 Å². The maximum absolute atomic E-state index is 10.9. The quantitative estimate of drug-likeness (QED) is 0.745. The normalized spacial score (nSPS) is 9.69. The van der Waals surface area contributed by atoms with Crippen LogP contribution in [0.25, 0.3) is 11.3 Å². The van der Waals surface area contributed by atoms with Gasteiger partial charge in [-0.1, -0.05) is 24.1 Å². The first-order valence-corrected chi connectivity index (χ1v) is 4.56. The second kappa shape index (κ2) is 3.91. The number of hydrogen-bond donors (Lipinski definition) is 2. The highest BCUT2D eigenvalue weighted by atomic mass is 16.4. The topological polar surface area (TPSA) is 66.0 Å². The molecule has 78 valence electrons. The molecule has 0 saturated carbocycles. The lowest BCUT2D eigenvalue weighted by atomic mass is 10.0. The van der Waals surface area contributed by atoms with Gasteiger partial charge in [0, 0.05) is 11.1 Å². The highest BCUT2D eigenvalue weighted by molar-refractivity contribution is 5.95. The number of carbonyl (C=O) groups is 1. The van der Waals surface area contributed by atoms with E-state index in [4.69, 9.17) is 11.5 Å². The molecule has 0 aliphatic heterocycles. The van der Waals surface area contributed by atoms with Crippen molar-refractivity contribution in [2.24, 2.45) is 0 Å². The molecule has 0 atom stereocenters. The lowest BCUT2D eigenvalue weighted by Gasteiger charge is -2.02. The van der Waals surface area contributed by atoms with Crippen LogP contribution < -0.4 is 0 Å². The van der Waals surface area contributed by atoms with Crippen LogP contribution in [0, 0.1) is 12.3 Å². The summed E-state index contributed by atoms with van der Waals surface area (Å²) in [7, 11) is 0. The van der Waals surface area contributed by atoms with Crippen LogP contribution in [0.3, 0.4) is 0 Å². The molecule has 0 unspecified atom stereocenters. The van der Waals surface area contributed by atoms with Crippen molar-refractivity contribution in [3.8, 4) is 23.6 Å². The van der Waals surface area contributed by atoms with Crippen molar-refractivity contribution in [2.45, 2.75) is 0 Å². The Kier molecular flexibility index (Phi) is 2.44. The minimum atomic E-state index is -1.03. The van der Waals surface area contributed by atoms with Crippen molar-refractivity contribution < 1.29 is 9.90 Å². The van der Waals surface area contributed by atoms with Gasteiger partial charge in [-0.2, -0.15) is 5.10 Å². The number of benzene rings is 1. The van der Waals surface area contributed by atoms with Gasteiger partial charge >= 0.3 is 5.97 Å². The number of carboxylic acids is 1. The van der Waals surface area contributed by atoms with E-state index in [9.17, 15) is 4.79 Å². The number of terminal acetylenes is 1. The molecule has 0 amide bonds. The van der Waals surface area contributed by atoms with Crippen LogP contribution in [0.15, 0.2) is 30.5 Å². The molecule has 4 nitrogen and oxygen atoms in total. The van der Waals surface area contributed by atoms with Gasteiger partial charge in [-0.05, 0) is 6.07 Å². The molecule has 0 aliphatic rings. The van der Waals surface area contributed by atoms with Crippen molar-refractivity contribution in [1.29, 1.82) is 0 Å². The van der Waals surface area contributed by atoms with Crippen LogP contribution in [0.4, 0.5) is 0 Å². The van der Waals surface area contributed by atoms with E-state index in [1.807, 2.05) is 0 Å². The Morgan fingerprint density at radius 1 is 1.44 bits per heavy atom. The zero-order valence-electron chi connectivity index (χ0n) is 8.27. The number of rotatable bonds is 2. The molecule has 0 radical (unpaired) electrons. The van der Waals surface area contributed by atoms with E-state index in [0.29, 0.717) is 16.8 Å². The van der Waals surface area contributed by atoms with Crippen LogP contribution >= 0.6 is 0 Å². The molecule has 4 heteroatoms. The number of nitrogens with one attached hydrogen (secondary N) is 1. The molecule has 0 bridgehead atoms. The summed E-state index contributed by atoms with van der Waals surface area (Å²) in [5, 5.41) is 15.3. The third-order valence-corrected chi connectivity index (χ3v) is 2.22. The maximum atomic E-state index is 10.9. The van der Waals surface area contributed by atoms with Crippen LogP contribution in [0.5, 0.6) is 0 Å². The van der Waals surface area contributed by atoms with Crippen molar-refractivity contribution in [3.63, 3.8) is 0 Å². The predicted molar refractivity (Wildman–Crippen MR) is 58.9 cm³/mol. The zero-order valence-corrected chi connectivity index (χ0v) is 8.27. The zero-order chi connectivity index (χ0) is 11.5. The summed E-state index contributed by atoms with van der Waals surface area (Å²) in [6.45, 7) is 0. The van der Waals surface area contributed by atoms with E-state index in [2.05, 4.69) is 16.1 Å². The minimum Gasteiger partial charge on any atom is -0.478 e. The molecule has 1 aromatic carbocycles. The Hall–Kier alpha value is -2.54. The van der Waals surface area contributed by atoms with Crippen molar-refractivity contribution in [2.75, 3.05) is 0 Å². The summed E-state index contributed by atoms with van der Waals surface area (Å²) in [6, 6.07) is 7.11. The fraction of sp³-hybridized carbons (Fsp3) is 0. The molecular weight excluding hydrogens is 204 g/mol. The molecule has 0 saturated heterocycles. The van der Waals surface area contributed by atoms with Gasteiger partial charge in [0.25, 0.3) is 0 Å². The van der Waals surface area contributed by atoms with E-state index < -0.39 is 5.97 Å². The second-order valence-electron chi connectivity index (χ2n) is 3.15. The van der Waals surface area contributed by atoms with E-state index in [1.54, 1.807) is 24.3 Å². The SMILES string of the molecule is C#Cc1ccccc1-c1[nH]ncc1C(=O)O. The van der Waals surface area contributed by atoms with Crippen molar-refractivity contribution >= 4 is 5.97 Å². The first-order valence-electron chi connectivity index (χ1n) is 4.56. The van der Waals surface area contributed by atoms with Gasteiger partial charge in [0.05, 0.1) is 11.9 Å². The standard InChI is InChI=1S/C12H8N2O2/c1-2-8-5-3-4-6-9(8)11-10(12(15)16)7-13-14-11/h1,3-7H,(H,13,14)(H,15,16). The lowest BCUT2D eigenvalue weighted by molar-refractivity contribution is 0.0698. The maximum Gasteiger partial charge on any atom is 0.339 e. The average Bonchev–Trinajstić information content (AvgIpc) is 2.77. The molecule has 2 rings (SSSR count). The average molecular weight is 212 g/mol. The van der Waals surface area contributed by atoms with Crippen LogP contribution in [-0.2, 0) is 0 Å². The molecule has 16 heavy (non-hydrogen) atoms. The van der Waals surface area contributed by atoms with Crippen LogP contribution in [-0.4, -0.2) is 21.3 Å². The van der Waals surface area contributed by atoms with E-state index in [-0.39, 0.29) is 5.56 Å². The summed E-state index contributed by atoms with van der Waals surface area (Å²) >= 11 is 0. The smallest absolute Gasteiger partial charge is 0.339 e. The fourth-order valence-electron chi connectivity index (χ4n) is 1.48. The van der Waals surface area contributed by atoms with E-state index in [0.717, 1.165) is 0 Å². The number of aromatic amines is 1. The van der Waals surface area contributed by atoms with Gasteiger partial charge in [0.15, 0.2) is 0 Å². The first kappa shape index (κ1) is 9.99. The summed E-state index contributed by atoms with van der Waals surface area (Å²) < 4.78 is 0. The molecule has 1 heterocycles. The number of hydrogen-bond acceptors (Lipinski definition) is 2. The summed E-state index contributed by atoms with van der Waals surface area (Å²) in [4.78, 5) is 10.9. The Morgan fingerprint density at radius 2 is 2.19 bits per heavy atom. The molecule has 2 N–H and O–H groups in total. The summed E-state index contributed by atoms with van der Waals surface area (Å²) in [6.07, 6.45) is 6.62. The third kappa shape index (κ3) is 1.55. The highest BCUT2D eigenvalue weighted by Crippen LogP contribution is 2.24.